The van der Waals surface area contributed by atoms with Crippen molar-refractivity contribution in [2.75, 3.05) is 0 Å². The Hall–Kier alpha value is -0.940. The highest BCUT2D eigenvalue weighted by atomic mass is 16.6. The lowest BCUT2D eigenvalue weighted by Crippen LogP contribution is -2.21. The summed E-state index contributed by atoms with van der Waals surface area (Å²) in [5, 5.41) is 9.25. The van der Waals surface area contributed by atoms with Gasteiger partial charge in [0.15, 0.2) is 0 Å². The van der Waals surface area contributed by atoms with Gasteiger partial charge >= 0.3 is 0 Å². The highest BCUT2D eigenvalue weighted by molar-refractivity contribution is 5.09. The highest BCUT2D eigenvalue weighted by Crippen LogP contribution is 2.26. The molecule has 0 aliphatic carbocycles. The maximum absolute atomic E-state index is 9.25. The molecule has 0 radical (unpaired) electrons. The predicted octanol–water partition coefficient (Wildman–Crippen LogP) is 1.02. The van der Waals surface area contributed by atoms with E-state index in [1.54, 1.807) is 6.92 Å². The first kappa shape index (κ1) is 7.17. The molecule has 0 fully saturated rings. The molecule has 0 saturated heterocycles. The van der Waals surface area contributed by atoms with Gasteiger partial charge in [0.05, 0.1) is 6.42 Å². The fourth-order valence-electron chi connectivity index (χ4n) is 0.878. The van der Waals surface area contributed by atoms with E-state index in [0.29, 0.717) is 18.6 Å². The van der Waals surface area contributed by atoms with E-state index in [0.717, 1.165) is 0 Å². The van der Waals surface area contributed by atoms with Crippen molar-refractivity contribution in [3.63, 3.8) is 0 Å². The number of ether oxygens (including phenoxy) is 1. The number of rotatable bonds is 1. The van der Waals surface area contributed by atoms with Crippen molar-refractivity contribution in [3.8, 4) is 12.3 Å². The third-order valence-electron chi connectivity index (χ3n) is 1.34. The van der Waals surface area contributed by atoms with Crippen LogP contribution in [0, 0.1) is 12.3 Å². The van der Waals surface area contributed by atoms with Gasteiger partial charge in [-0.2, -0.15) is 0 Å². The Balaban J connectivity index is 2.49. The Morgan fingerprint density at radius 2 is 2.70 bits per heavy atom. The molecule has 1 aliphatic heterocycles. The molecule has 2 heteroatoms. The van der Waals surface area contributed by atoms with Crippen molar-refractivity contribution in [1.82, 2.24) is 0 Å². The Bertz CT molecular complexity index is 196. The van der Waals surface area contributed by atoms with E-state index < -0.39 is 5.79 Å². The van der Waals surface area contributed by atoms with E-state index in [-0.39, 0.29) is 0 Å². The van der Waals surface area contributed by atoms with Crippen LogP contribution in [-0.4, -0.2) is 10.9 Å². The minimum Gasteiger partial charge on any atom is -0.466 e. The van der Waals surface area contributed by atoms with Gasteiger partial charge in [-0.05, 0) is 6.08 Å². The van der Waals surface area contributed by atoms with Gasteiger partial charge in [-0.15, -0.1) is 6.42 Å². The van der Waals surface area contributed by atoms with Crippen LogP contribution in [0.2, 0.25) is 0 Å². The number of hydrogen-bond donors (Lipinski definition) is 1. The zero-order valence-electron chi connectivity index (χ0n) is 5.92. The SMILES string of the molecule is C#CCC1=CCC(C)(O)O1. The first-order valence-electron chi connectivity index (χ1n) is 3.18. The third kappa shape index (κ3) is 1.52. The molecule has 0 aromatic rings. The number of allylic oxidation sites excluding steroid dienone is 1. The average Bonchev–Trinajstić information content (AvgIpc) is 2.12. The van der Waals surface area contributed by atoms with Gasteiger partial charge in [0.2, 0.25) is 5.79 Å². The molecule has 1 aliphatic rings. The van der Waals surface area contributed by atoms with Crippen LogP contribution in [0.15, 0.2) is 11.8 Å². The Labute approximate surface area is 60.5 Å². The van der Waals surface area contributed by atoms with E-state index in [9.17, 15) is 5.11 Å². The average molecular weight is 138 g/mol. The van der Waals surface area contributed by atoms with Gasteiger partial charge in [0.1, 0.15) is 5.76 Å². The molecule has 0 amide bonds. The zero-order chi connectivity index (χ0) is 7.61. The zero-order valence-corrected chi connectivity index (χ0v) is 5.92. The summed E-state index contributed by atoms with van der Waals surface area (Å²) >= 11 is 0. The maximum Gasteiger partial charge on any atom is 0.208 e. The van der Waals surface area contributed by atoms with E-state index in [2.05, 4.69) is 5.92 Å². The number of hydrogen-bond acceptors (Lipinski definition) is 2. The molecule has 2 nitrogen and oxygen atoms in total. The Kier molecular flexibility index (Phi) is 1.69. The van der Waals surface area contributed by atoms with Crippen LogP contribution in [0.4, 0.5) is 0 Å². The van der Waals surface area contributed by atoms with Crippen LogP contribution in [0.25, 0.3) is 0 Å². The summed E-state index contributed by atoms with van der Waals surface area (Å²) in [4.78, 5) is 0. The number of aliphatic hydroxyl groups is 1. The molecule has 10 heavy (non-hydrogen) atoms. The molecular weight excluding hydrogens is 128 g/mol. The number of terminal acetylenes is 1. The molecule has 1 atom stereocenters. The summed E-state index contributed by atoms with van der Waals surface area (Å²) in [6.45, 7) is 1.62. The molecule has 0 bridgehead atoms. The molecular formula is C8H10O2. The molecule has 0 aromatic heterocycles. The van der Waals surface area contributed by atoms with Crippen LogP contribution >= 0.6 is 0 Å². The summed E-state index contributed by atoms with van der Waals surface area (Å²) in [6, 6.07) is 0. The topological polar surface area (TPSA) is 29.5 Å². The molecule has 0 spiro atoms. The third-order valence-corrected chi connectivity index (χ3v) is 1.34. The lowest BCUT2D eigenvalue weighted by atomic mass is 10.2. The van der Waals surface area contributed by atoms with Crippen molar-refractivity contribution >= 4 is 0 Å². The van der Waals surface area contributed by atoms with Crippen LogP contribution in [0.5, 0.6) is 0 Å². The quantitative estimate of drug-likeness (QED) is 0.548. The Morgan fingerprint density at radius 3 is 3.10 bits per heavy atom. The van der Waals surface area contributed by atoms with Crippen LogP contribution in [0.1, 0.15) is 19.8 Å². The van der Waals surface area contributed by atoms with Gasteiger partial charge < -0.3 is 9.84 Å². The van der Waals surface area contributed by atoms with Crippen molar-refractivity contribution in [1.29, 1.82) is 0 Å². The van der Waals surface area contributed by atoms with Crippen LogP contribution < -0.4 is 0 Å². The fraction of sp³-hybridized carbons (Fsp3) is 0.500. The second kappa shape index (κ2) is 2.36. The van der Waals surface area contributed by atoms with Crippen molar-refractivity contribution in [3.05, 3.63) is 11.8 Å². The maximum atomic E-state index is 9.25. The first-order chi connectivity index (χ1) is 4.64. The first-order valence-corrected chi connectivity index (χ1v) is 3.18. The molecule has 1 rings (SSSR count). The van der Waals surface area contributed by atoms with Crippen LogP contribution in [-0.2, 0) is 4.74 Å². The van der Waals surface area contributed by atoms with Gasteiger partial charge in [0, 0.05) is 13.3 Å². The minimum absolute atomic E-state index is 0.468. The summed E-state index contributed by atoms with van der Waals surface area (Å²) in [6.07, 6.45) is 7.86. The summed E-state index contributed by atoms with van der Waals surface area (Å²) in [5.74, 6) is 2.12. The largest absolute Gasteiger partial charge is 0.466 e. The molecule has 1 unspecified atom stereocenters. The monoisotopic (exact) mass is 138 g/mol. The van der Waals surface area contributed by atoms with Gasteiger partial charge in [-0.1, -0.05) is 5.92 Å². The molecule has 0 aromatic carbocycles. The minimum atomic E-state index is -1.02. The fourth-order valence-corrected chi connectivity index (χ4v) is 0.878. The summed E-state index contributed by atoms with van der Waals surface area (Å²) in [7, 11) is 0. The van der Waals surface area contributed by atoms with E-state index in [4.69, 9.17) is 11.2 Å². The molecule has 54 valence electrons. The molecule has 0 saturated carbocycles. The predicted molar refractivity (Wildman–Crippen MR) is 37.9 cm³/mol. The Morgan fingerprint density at radius 1 is 2.00 bits per heavy atom. The van der Waals surface area contributed by atoms with Crippen molar-refractivity contribution in [2.24, 2.45) is 0 Å². The standard InChI is InChI=1S/C8H10O2/c1-3-4-7-5-6-8(2,9)10-7/h1,5,9H,4,6H2,2H3. The molecule has 1 N–H and O–H groups in total. The van der Waals surface area contributed by atoms with Gasteiger partial charge in [-0.3, -0.25) is 0 Å². The van der Waals surface area contributed by atoms with E-state index in [1.165, 1.54) is 0 Å². The van der Waals surface area contributed by atoms with E-state index >= 15 is 0 Å². The second-order valence-corrected chi connectivity index (χ2v) is 2.53. The lowest BCUT2D eigenvalue weighted by Gasteiger charge is -2.17. The molecule has 1 heterocycles. The van der Waals surface area contributed by atoms with Gasteiger partial charge in [-0.25, -0.2) is 0 Å². The second-order valence-electron chi connectivity index (χ2n) is 2.53. The van der Waals surface area contributed by atoms with Crippen LogP contribution in [0.3, 0.4) is 0 Å². The van der Waals surface area contributed by atoms with Crippen molar-refractivity contribution < 1.29 is 9.84 Å². The summed E-state index contributed by atoms with van der Waals surface area (Å²) < 4.78 is 5.06. The van der Waals surface area contributed by atoms with Gasteiger partial charge in [0.25, 0.3) is 0 Å². The lowest BCUT2D eigenvalue weighted by molar-refractivity contribution is -0.144. The van der Waals surface area contributed by atoms with Crippen molar-refractivity contribution in [2.45, 2.75) is 25.6 Å². The smallest absolute Gasteiger partial charge is 0.208 e. The normalized spacial score (nSPS) is 30.7. The van der Waals surface area contributed by atoms with E-state index in [1.807, 2.05) is 6.08 Å². The summed E-state index contributed by atoms with van der Waals surface area (Å²) in [5.41, 5.74) is 0. The highest BCUT2D eigenvalue weighted by Gasteiger charge is 2.27.